The van der Waals surface area contributed by atoms with Crippen LogP contribution in [0, 0.1) is 12.7 Å². The summed E-state index contributed by atoms with van der Waals surface area (Å²) in [4.78, 5) is 11.0. The van der Waals surface area contributed by atoms with Crippen molar-refractivity contribution < 1.29 is 9.18 Å². The van der Waals surface area contributed by atoms with Gasteiger partial charge in [-0.05, 0) is 36.6 Å². The van der Waals surface area contributed by atoms with Crippen molar-refractivity contribution in [2.75, 3.05) is 0 Å². The van der Waals surface area contributed by atoms with E-state index in [0.29, 0.717) is 6.42 Å². The normalized spacial score (nSPS) is 21.0. The fourth-order valence-electron chi connectivity index (χ4n) is 1.83. The van der Waals surface area contributed by atoms with E-state index in [0.717, 1.165) is 17.5 Å². The average Bonchev–Trinajstić information content (AvgIpc) is 2.50. The maximum absolute atomic E-state index is 13.1. The minimum Gasteiger partial charge on any atom is -0.349 e. The maximum Gasteiger partial charge on any atom is 0.220 e. The summed E-state index contributed by atoms with van der Waals surface area (Å²) in [7, 11) is 0. The number of aryl methyl sites for hydroxylation is 1. The molecule has 1 aromatic carbocycles. The van der Waals surface area contributed by atoms with Gasteiger partial charge in [0.1, 0.15) is 5.82 Å². The summed E-state index contributed by atoms with van der Waals surface area (Å²) in [6.45, 7) is 1.85. The highest BCUT2D eigenvalue weighted by atomic mass is 19.1. The molecule has 1 saturated heterocycles. The molecule has 74 valence electrons. The molecular formula is C11H12FNO. The summed E-state index contributed by atoms with van der Waals surface area (Å²) in [5.41, 5.74) is 1.76. The summed E-state index contributed by atoms with van der Waals surface area (Å²) in [6, 6.07) is 4.89. The summed E-state index contributed by atoms with van der Waals surface area (Å²) in [5, 5.41) is 2.82. The van der Waals surface area contributed by atoms with E-state index in [9.17, 15) is 9.18 Å². The Morgan fingerprint density at radius 2 is 2.21 bits per heavy atom. The molecule has 1 heterocycles. The molecular weight excluding hydrogens is 181 g/mol. The number of hydrogen-bond donors (Lipinski definition) is 1. The van der Waals surface area contributed by atoms with Crippen LogP contribution in [0.1, 0.15) is 30.0 Å². The molecule has 1 aliphatic heterocycles. The van der Waals surface area contributed by atoms with Crippen molar-refractivity contribution in [2.45, 2.75) is 25.8 Å². The molecule has 0 aromatic heterocycles. The topological polar surface area (TPSA) is 29.1 Å². The largest absolute Gasteiger partial charge is 0.349 e. The van der Waals surface area contributed by atoms with E-state index < -0.39 is 0 Å². The molecule has 1 atom stereocenters. The Hall–Kier alpha value is -1.38. The second-order valence-electron chi connectivity index (χ2n) is 3.72. The standard InChI is InChI=1S/C11H12FNO/c1-7-4-8(6-9(12)5-7)10-2-3-11(14)13-10/h4-6,10H,2-3H2,1H3,(H,13,14). The monoisotopic (exact) mass is 193 g/mol. The lowest BCUT2D eigenvalue weighted by atomic mass is 10.0. The number of benzene rings is 1. The summed E-state index contributed by atoms with van der Waals surface area (Å²) >= 11 is 0. The van der Waals surface area contributed by atoms with Crippen molar-refractivity contribution in [3.63, 3.8) is 0 Å². The van der Waals surface area contributed by atoms with Crippen LogP contribution in [0.15, 0.2) is 18.2 Å². The number of carbonyl (C=O) groups excluding carboxylic acids is 1. The number of amides is 1. The molecule has 0 saturated carbocycles. The van der Waals surface area contributed by atoms with Crippen molar-refractivity contribution in [3.8, 4) is 0 Å². The third-order valence-electron chi connectivity index (χ3n) is 2.46. The SMILES string of the molecule is Cc1cc(F)cc(C2CCC(=O)N2)c1. The van der Waals surface area contributed by atoms with Crippen molar-refractivity contribution in [2.24, 2.45) is 0 Å². The van der Waals surface area contributed by atoms with Gasteiger partial charge < -0.3 is 5.32 Å². The smallest absolute Gasteiger partial charge is 0.220 e. The van der Waals surface area contributed by atoms with Crippen LogP contribution in [-0.2, 0) is 4.79 Å². The summed E-state index contributed by atoms with van der Waals surface area (Å²) in [5.74, 6) is -0.182. The van der Waals surface area contributed by atoms with E-state index in [-0.39, 0.29) is 17.8 Å². The van der Waals surface area contributed by atoms with Gasteiger partial charge in [-0.2, -0.15) is 0 Å². The Kier molecular flexibility index (Phi) is 2.23. The molecule has 0 radical (unpaired) electrons. The highest BCUT2D eigenvalue weighted by molar-refractivity contribution is 5.78. The Morgan fingerprint density at radius 1 is 1.43 bits per heavy atom. The Labute approximate surface area is 82.1 Å². The molecule has 0 bridgehead atoms. The second-order valence-corrected chi connectivity index (χ2v) is 3.72. The van der Waals surface area contributed by atoms with E-state index in [1.165, 1.54) is 12.1 Å². The lowest BCUT2D eigenvalue weighted by Gasteiger charge is -2.10. The molecule has 0 spiro atoms. The van der Waals surface area contributed by atoms with Crippen LogP contribution in [-0.4, -0.2) is 5.91 Å². The van der Waals surface area contributed by atoms with Crippen molar-refractivity contribution >= 4 is 5.91 Å². The van der Waals surface area contributed by atoms with Crippen LogP contribution in [0.5, 0.6) is 0 Å². The van der Waals surface area contributed by atoms with Gasteiger partial charge in [0.25, 0.3) is 0 Å². The molecule has 1 N–H and O–H groups in total. The van der Waals surface area contributed by atoms with Crippen LogP contribution in [0.3, 0.4) is 0 Å². The van der Waals surface area contributed by atoms with Gasteiger partial charge in [0.15, 0.2) is 0 Å². The van der Waals surface area contributed by atoms with Crippen LogP contribution < -0.4 is 5.32 Å². The first-order valence-electron chi connectivity index (χ1n) is 4.71. The summed E-state index contributed by atoms with van der Waals surface area (Å²) < 4.78 is 13.1. The fraction of sp³-hybridized carbons (Fsp3) is 0.364. The molecule has 14 heavy (non-hydrogen) atoms. The molecule has 1 aromatic rings. The van der Waals surface area contributed by atoms with E-state index >= 15 is 0 Å². The van der Waals surface area contributed by atoms with Gasteiger partial charge in [0.05, 0.1) is 6.04 Å². The van der Waals surface area contributed by atoms with Crippen LogP contribution in [0.4, 0.5) is 4.39 Å². The predicted octanol–water partition coefficient (Wildman–Crippen LogP) is 2.09. The molecule has 2 rings (SSSR count). The molecule has 1 fully saturated rings. The third kappa shape index (κ3) is 1.76. The van der Waals surface area contributed by atoms with E-state index in [2.05, 4.69) is 5.32 Å². The molecule has 1 amide bonds. The average molecular weight is 193 g/mol. The van der Waals surface area contributed by atoms with Gasteiger partial charge in [0, 0.05) is 6.42 Å². The predicted molar refractivity (Wildman–Crippen MR) is 51.3 cm³/mol. The molecule has 1 unspecified atom stereocenters. The van der Waals surface area contributed by atoms with Crippen LogP contribution in [0.2, 0.25) is 0 Å². The van der Waals surface area contributed by atoms with Crippen LogP contribution >= 0.6 is 0 Å². The fourth-order valence-corrected chi connectivity index (χ4v) is 1.83. The number of nitrogens with one attached hydrogen (secondary N) is 1. The molecule has 3 heteroatoms. The van der Waals surface area contributed by atoms with Crippen molar-refractivity contribution in [1.29, 1.82) is 0 Å². The number of carbonyl (C=O) groups is 1. The van der Waals surface area contributed by atoms with Crippen LogP contribution in [0.25, 0.3) is 0 Å². The Bertz CT molecular complexity index is 355. The van der Waals surface area contributed by atoms with Gasteiger partial charge in [-0.3, -0.25) is 4.79 Å². The minimum absolute atomic E-state index is 0.00287. The van der Waals surface area contributed by atoms with E-state index in [4.69, 9.17) is 0 Å². The van der Waals surface area contributed by atoms with E-state index in [1.54, 1.807) is 0 Å². The quantitative estimate of drug-likeness (QED) is 0.727. The molecule has 1 aliphatic rings. The first kappa shape index (κ1) is 9.19. The van der Waals surface area contributed by atoms with Crippen molar-refractivity contribution in [3.05, 3.63) is 35.1 Å². The lowest BCUT2D eigenvalue weighted by Crippen LogP contribution is -2.18. The lowest BCUT2D eigenvalue weighted by molar-refractivity contribution is -0.119. The minimum atomic E-state index is -0.235. The zero-order chi connectivity index (χ0) is 10.1. The van der Waals surface area contributed by atoms with Gasteiger partial charge in [-0.25, -0.2) is 4.39 Å². The Morgan fingerprint density at radius 3 is 2.79 bits per heavy atom. The van der Waals surface area contributed by atoms with Gasteiger partial charge in [-0.1, -0.05) is 6.07 Å². The first-order chi connectivity index (χ1) is 6.65. The number of hydrogen-bond acceptors (Lipinski definition) is 1. The first-order valence-corrected chi connectivity index (χ1v) is 4.71. The molecule has 2 nitrogen and oxygen atoms in total. The number of halogens is 1. The zero-order valence-electron chi connectivity index (χ0n) is 8.01. The van der Waals surface area contributed by atoms with E-state index in [1.807, 2.05) is 13.0 Å². The highest BCUT2D eigenvalue weighted by Gasteiger charge is 2.22. The second kappa shape index (κ2) is 3.40. The van der Waals surface area contributed by atoms with Gasteiger partial charge >= 0.3 is 0 Å². The highest BCUT2D eigenvalue weighted by Crippen LogP contribution is 2.24. The van der Waals surface area contributed by atoms with Gasteiger partial charge in [-0.15, -0.1) is 0 Å². The van der Waals surface area contributed by atoms with Gasteiger partial charge in [0.2, 0.25) is 5.91 Å². The summed E-state index contributed by atoms with van der Waals surface area (Å²) in [6.07, 6.45) is 1.31. The molecule has 0 aliphatic carbocycles. The maximum atomic E-state index is 13.1. The third-order valence-corrected chi connectivity index (χ3v) is 2.46. The number of rotatable bonds is 1. The zero-order valence-corrected chi connectivity index (χ0v) is 8.01. The van der Waals surface area contributed by atoms with Crippen molar-refractivity contribution in [1.82, 2.24) is 5.32 Å². The Balaban J connectivity index is 2.27.